The van der Waals surface area contributed by atoms with Crippen LogP contribution in [0.5, 0.6) is 0 Å². The van der Waals surface area contributed by atoms with E-state index >= 15 is 0 Å². The van der Waals surface area contributed by atoms with Gasteiger partial charge in [-0.05, 0) is 67.3 Å². The fourth-order valence-corrected chi connectivity index (χ4v) is 5.84. The molecular formula is C29H33Cl2N3O4S. The summed E-state index contributed by atoms with van der Waals surface area (Å²) in [5.74, 6) is -0.674. The van der Waals surface area contributed by atoms with Crippen LogP contribution in [0.4, 0.5) is 5.69 Å². The molecule has 1 atom stereocenters. The van der Waals surface area contributed by atoms with Crippen molar-refractivity contribution in [3.8, 4) is 0 Å². The van der Waals surface area contributed by atoms with E-state index in [0.29, 0.717) is 27.7 Å². The predicted molar refractivity (Wildman–Crippen MR) is 156 cm³/mol. The second-order valence-electron chi connectivity index (χ2n) is 9.68. The van der Waals surface area contributed by atoms with Crippen LogP contribution in [0.1, 0.15) is 31.9 Å². The minimum absolute atomic E-state index is 0.0290. The van der Waals surface area contributed by atoms with Crippen molar-refractivity contribution in [2.45, 2.75) is 45.2 Å². The van der Waals surface area contributed by atoms with Crippen LogP contribution < -0.4 is 9.62 Å². The van der Waals surface area contributed by atoms with Crippen molar-refractivity contribution in [2.24, 2.45) is 5.92 Å². The van der Waals surface area contributed by atoms with Crippen LogP contribution >= 0.6 is 23.2 Å². The molecule has 0 aliphatic carbocycles. The van der Waals surface area contributed by atoms with Crippen molar-refractivity contribution < 1.29 is 18.0 Å². The average molecular weight is 591 g/mol. The van der Waals surface area contributed by atoms with E-state index in [1.807, 2.05) is 13.8 Å². The summed E-state index contributed by atoms with van der Waals surface area (Å²) >= 11 is 12.5. The number of rotatable bonds is 11. The third-order valence-corrected chi connectivity index (χ3v) is 8.63. The molecule has 0 fully saturated rings. The Bertz CT molecular complexity index is 1420. The number of benzene rings is 3. The molecule has 1 N–H and O–H groups in total. The number of anilines is 1. The lowest BCUT2D eigenvalue weighted by Crippen LogP contribution is -2.51. The highest BCUT2D eigenvalue weighted by atomic mass is 35.5. The smallest absolute Gasteiger partial charge is 0.264 e. The summed E-state index contributed by atoms with van der Waals surface area (Å²) in [7, 11) is -4.16. The third kappa shape index (κ3) is 7.75. The lowest BCUT2D eigenvalue weighted by molar-refractivity contribution is -0.139. The maximum Gasteiger partial charge on any atom is 0.264 e. The first-order valence-electron chi connectivity index (χ1n) is 12.6. The van der Waals surface area contributed by atoms with Crippen molar-refractivity contribution in [2.75, 3.05) is 17.4 Å². The minimum Gasteiger partial charge on any atom is -0.354 e. The summed E-state index contributed by atoms with van der Waals surface area (Å²) < 4.78 is 28.8. The normalized spacial score (nSPS) is 12.2. The van der Waals surface area contributed by atoms with Gasteiger partial charge in [0, 0.05) is 23.1 Å². The van der Waals surface area contributed by atoms with E-state index < -0.39 is 28.5 Å². The molecular weight excluding hydrogens is 557 g/mol. The second-order valence-corrected chi connectivity index (χ2v) is 12.4. The van der Waals surface area contributed by atoms with Crippen molar-refractivity contribution in [3.63, 3.8) is 0 Å². The molecule has 0 aromatic heterocycles. The summed E-state index contributed by atoms with van der Waals surface area (Å²) in [4.78, 5) is 28.4. The van der Waals surface area contributed by atoms with Crippen molar-refractivity contribution in [3.05, 3.63) is 94.0 Å². The van der Waals surface area contributed by atoms with Gasteiger partial charge in [-0.1, -0.05) is 73.4 Å². The number of nitrogens with one attached hydrogen (secondary N) is 1. The monoisotopic (exact) mass is 589 g/mol. The first-order valence-corrected chi connectivity index (χ1v) is 14.8. The van der Waals surface area contributed by atoms with Gasteiger partial charge in [-0.2, -0.15) is 0 Å². The zero-order chi connectivity index (χ0) is 28.7. The zero-order valence-electron chi connectivity index (χ0n) is 22.4. The van der Waals surface area contributed by atoms with Crippen molar-refractivity contribution >= 4 is 50.7 Å². The number of sulfonamides is 1. The SMILES string of the molecule is Cc1c(Cl)cccc1N(CC(=O)N(Cc1cccc(Cl)c1)[C@@H](C)C(=O)NCC(C)C)S(=O)(=O)c1ccccc1. The topological polar surface area (TPSA) is 86.8 Å². The van der Waals surface area contributed by atoms with Gasteiger partial charge < -0.3 is 10.2 Å². The molecule has 0 aliphatic heterocycles. The van der Waals surface area contributed by atoms with Gasteiger partial charge in [0.2, 0.25) is 11.8 Å². The Kier molecular flexibility index (Phi) is 10.4. The summed E-state index contributed by atoms with van der Waals surface area (Å²) in [6.45, 7) is 7.22. The standard InChI is InChI=1S/C29H33Cl2N3O4S/c1-20(2)17-32-29(36)22(4)33(18-23-10-8-11-24(30)16-23)28(35)19-34(27-15-9-14-26(31)21(27)3)39(37,38)25-12-6-5-7-13-25/h5-16,20,22H,17-19H2,1-4H3,(H,32,36)/t22-/m0/s1. The number of nitrogens with zero attached hydrogens (tertiary/aromatic N) is 2. The van der Waals surface area contributed by atoms with Gasteiger partial charge >= 0.3 is 0 Å². The first-order chi connectivity index (χ1) is 18.4. The molecule has 39 heavy (non-hydrogen) atoms. The number of halogens is 2. The highest BCUT2D eigenvalue weighted by Gasteiger charge is 2.33. The van der Waals surface area contributed by atoms with Crippen LogP contribution in [-0.2, 0) is 26.2 Å². The highest BCUT2D eigenvalue weighted by molar-refractivity contribution is 7.92. The third-order valence-electron chi connectivity index (χ3n) is 6.21. The van der Waals surface area contributed by atoms with Gasteiger partial charge in [-0.25, -0.2) is 8.42 Å². The number of carbonyl (C=O) groups is 2. The van der Waals surface area contributed by atoms with E-state index in [0.717, 1.165) is 4.31 Å². The molecule has 0 aliphatic rings. The molecule has 3 aromatic carbocycles. The number of hydrogen-bond acceptors (Lipinski definition) is 4. The molecule has 0 spiro atoms. The van der Waals surface area contributed by atoms with Crippen LogP contribution in [0.15, 0.2) is 77.7 Å². The van der Waals surface area contributed by atoms with E-state index in [1.165, 1.54) is 17.0 Å². The van der Waals surface area contributed by atoms with Crippen LogP contribution in [0.25, 0.3) is 0 Å². The molecule has 0 heterocycles. The molecule has 0 bridgehead atoms. The zero-order valence-corrected chi connectivity index (χ0v) is 24.7. The van der Waals surface area contributed by atoms with E-state index in [9.17, 15) is 18.0 Å². The summed E-state index contributed by atoms with van der Waals surface area (Å²) in [6.07, 6.45) is 0. The molecule has 2 amide bonds. The summed E-state index contributed by atoms with van der Waals surface area (Å²) in [6, 6.07) is 18.9. The molecule has 3 rings (SSSR count). The maximum atomic E-state index is 13.9. The molecule has 0 saturated heterocycles. The lowest BCUT2D eigenvalue weighted by Gasteiger charge is -2.32. The van der Waals surface area contributed by atoms with E-state index in [4.69, 9.17) is 23.2 Å². The number of carbonyl (C=O) groups excluding carboxylic acids is 2. The van der Waals surface area contributed by atoms with Crippen molar-refractivity contribution in [1.29, 1.82) is 0 Å². The fourth-order valence-electron chi connectivity index (χ4n) is 3.97. The Morgan fingerprint density at radius 3 is 2.23 bits per heavy atom. The van der Waals surface area contributed by atoms with Gasteiger partial charge in [0.15, 0.2) is 0 Å². The predicted octanol–water partition coefficient (Wildman–Crippen LogP) is 5.69. The quantitative estimate of drug-likeness (QED) is 0.311. The lowest BCUT2D eigenvalue weighted by atomic mass is 10.1. The summed E-state index contributed by atoms with van der Waals surface area (Å²) in [5.41, 5.74) is 1.49. The van der Waals surface area contributed by atoms with E-state index in [1.54, 1.807) is 74.5 Å². The van der Waals surface area contributed by atoms with Crippen LogP contribution in [-0.4, -0.2) is 44.3 Å². The molecule has 0 unspecified atom stereocenters. The van der Waals surface area contributed by atoms with Crippen LogP contribution in [0.3, 0.4) is 0 Å². The Morgan fingerprint density at radius 1 is 0.923 bits per heavy atom. The fraction of sp³-hybridized carbons (Fsp3) is 0.310. The Balaban J connectivity index is 2.04. The molecule has 0 radical (unpaired) electrons. The first kappa shape index (κ1) is 30.5. The maximum absolute atomic E-state index is 13.9. The molecule has 3 aromatic rings. The number of hydrogen-bond donors (Lipinski definition) is 1. The van der Waals surface area contributed by atoms with Crippen molar-refractivity contribution in [1.82, 2.24) is 10.2 Å². The van der Waals surface area contributed by atoms with E-state index in [2.05, 4.69) is 5.32 Å². The second kappa shape index (κ2) is 13.3. The van der Waals surface area contributed by atoms with Gasteiger partial charge in [0.25, 0.3) is 10.0 Å². The van der Waals surface area contributed by atoms with Crippen LogP contribution in [0, 0.1) is 12.8 Å². The van der Waals surface area contributed by atoms with E-state index in [-0.39, 0.29) is 29.0 Å². The van der Waals surface area contributed by atoms with Gasteiger partial charge in [-0.15, -0.1) is 0 Å². The molecule has 0 saturated carbocycles. The minimum atomic E-state index is -4.16. The Labute approximate surface area is 240 Å². The van der Waals surface area contributed by atoms with Crippen LogP contribution in [0.2, 0.25) is 10.0 Å². The molecule has 7 nitrogen and oxygen atoms in total. The molecule has 208 valence electrons. The highest BCUT2D eigenvalue weighted by Crippen LogP contribution is 2.31. The van der Waals surface area contributed by atoms with Gasteiger partial charge in [0.1, 0.15) is 12.6 Å². The Hall–Kier alpha value is -3.07. The summed E-state index contributed by atoms with van der Waals surface area (Å²) in [5, 5.41) is 3.72. The van der Waals surface area contributed by atoms with Gasteiger partial charge in [-0.3, -0.25) is 13.9 Å². The number of amides is 2. The van der Waals surface area contributed by atoms with Gasteiger partial charge in [0.05, 0.1) is 10.6 Å². The Morgan fingerprint density at radius 2 is 1.59 bits per heavy atom. The molecule has 10 heteroatoms. The largest absolute Gasteiger partial charge is 0.354 e. The average Bonchev–Trinajstić information content (AvgIpc) is 2.90.